The lowest BCUT2D eigenvalue weighted by atomic mass is 9.99. The summed E-state index contributed by atoms with van der Waals surface area (Å²) in [5.41, 5.74) is 0. The monoisotopic (exact) mass is 289 g/mol. The van der Waals surface area contributed by atoms with Crippen molar-refractivity contribution >= 4 is 10.0 Å². The largest absolute Gasteiger partial charge is 0.318 e. The first-order chi connectivity index (χ1) is 8.96. The lowest BCUT2D eigenvalue weighted by Crippen LogP contribution is -2.61. The van der Waals surface area contributed by atoms with Gasteiger partial charge in [-0.15, -0.1) is 0 Å². The molecule has 0 spiro atoms. The molecule has 6 heteroatoms. The Bertz CT molecular complexity index is 399. The van der Waals surface area contributed by atoms with Gasteiger partial charge in [0.1, 0.15) is 0 Å². The van der Waals surface area contributed by atoms with Crippen LogP contribution >= 0.6 is 0 Å². The third-order valence-corrected chi connectivity index (χ3v) is 6.80. The van der Waals surface area contributed by atoms with Crippen molar-refractivity contribution in [3.8, 4) is 0 Å². The van der Waals surface area contributed by atoms with E-state index in [1.54, 1.807) is 18.3 Å². The number of rotatable bonds is 4. The molecule has 0 aliphatic carbocycles. The van der Waals surface area contributed by atoms with Gasteiger partial charge in [0.25, 0.3) is 0 Å². The van der Waals surface area contributed by atoms with E-state index in [2.05, 4.69) is 10.2 Å². The zero-order valence-electron chi connectivity index (χ0n) is 12.3. The van der Waals surface area contributed by atoms with Crippen LogP contribution in [0.1, 0.15) is 33.1 Å². The van der Waals surface area contributed by atoms with E-state index < -0.39 is 10.0 Å². The second-order valence-corrected chi connectivity index (χ2v) is 8.28. The highest BCUT2D eigenvalue weighted by Crippen LogP contribution is 2.26. The van der Waals surface area contributed by atoms with Gasteiger partial charge in [-0.05, 0) is 40.3 Å². The van der Waals surface area contributed by atoms with Gasteiger partial charge in [0.05, 0.1) is 5.25 Å². The van der Waals surface area contributed by atoms with Crippen molar-refractivity contribution in [2.45, 2.75) is 50.4 Å². The van der Waals surface area contributed by atoms with Crippen LogP contribution in [-0.4, -0.2) is 68.2 Å². The van der Waals surface area contributed by atoms with Crippen molar-refractivity contribution in [3.63, 3.8) is 0 Å². The minimum Gasteiger partial charge on any atom is -0.318 e. The topological polar surface area (TPSA) is 52.7 Å². The van der Waals surface area contributed by atoms with E-state index in [0.717, 1.165) is 19.5 Å². The van der Waals surface area contributed by atoms with Gasteiger partial charge in [0.2, 0.25) is 10.0 Å². The highest BCUT2D eigenvalue weighted by molar-refractivity contribution is 7.89. The van der Waals surface area contributed by atoms with Crippen LogP contribution in [0.2, 0.25) is 0 Å². The summed E-state index contributed by atoms with van der Waals surface area (Å²) >= 11 is 0. The van der Waals surface area contributed by atoms with E-state index in [9.17, 15) is 8.42 Å². The highest BCUT2D eigenvalue weighted by Gasteiger charge is 2.40. The zero-order chi connectivity index (χ0) is 14.0. The average Bonchev–Trinajstić information content (AvgIpc) is 2.38. The molecule has 19 heavy (non-hydrogen) atoms. The maximum atomic E-state index is 12.6. The first-order valence-electron chi connectivity index (χ1n) is 7.36. The van der Waals surface area contributed by atoms with E-state index in [4.69, 9.17) is 0 Å². The summed E-state index contributed by atoms with van der Waals surface area (Å²) in [6, 6.07) is 0.528. The number of fused-ring (bicyclic) bond motifs is 1. The standard InChI is InChI=1S/C13H27N3O2S/c1-11-9-15-7-5-4-6-13(15)10-16(11)19(17,18)12(2)8-14-3/h11-14H,4-10H2,1-3H3. The van der Waals surface area contributed by atoms with E-state index in [0.29, 0.717) is 19.1 Å². The van der Waals surface area contributed by atoms with Gasteiger partial charge in [0.15, 0.2) is 0 Å². The van der Waals surface area contributed by atoms with Gasteiger partial charge < -0.3 is 5.32 Å². The first kappa shape index (κ1) is 15.2. The van der Waals surface area contributed by atoms with E-state index in [1.807, 2.05) is 6.92 Å². The summed E-state index contributed by atoms with van der Waals surface area (Å²) in [5, 5.41) is 2.62. The predicted molar refractivity (Wildman–Crippen MR) is 77.7 cm³/mol. The molecule has 0 saturated carbocycles. The van der Waals surface area contributed by atoms with E-state index >= 15 is 0 Å². The summed E-state index contributed by atoms with van der Waals surface area (Å²) in [5.74, 6) is 0. The number of hydrogen-bond donors (Lipinski definition) is 1. The third-order valence-electron chi connectivity index (χ3n) is 4.46. The summed E-state index contributed by atoms with van der Waals surface area (Å²) in [4.78, 5) is 2.48. The lowest BCUT2D eigenvalue weighted by molar-refractivity contribution is 0.0560. The SMILES string of the molecule is CNCC(C)S(=O)(=O)N1CC2CCCCN2CC1C. The van der Waals surface area contributed by atoms with Gasteiger partial charge >= 0.3 is 0 Å². The molecule has 0 aromatic carbocycles. The number of piperidine rings is 1. The minimum absolute atomic E-state index is 0.0960. The van der Waals surface area contributed by atoms with Crippen LogP contribution in [0, 0.1) is 0 Å². The summed E-state index contributed by atoms with van der Waals surface area (Å²) in [6.07, 6.45) is 3.63. The molecule has 1 N–H and O–H groups in total. The van der Waals surface area contributed by atoms with Crippen LogP contribution in [0.5, 0.6) is 0 Å². The summed E-state index contributed by atoms with van der Waals surface area (Å²) in [7, 11) is -1.38. The van der Waals surface area contributed by atoms with Crippen molar-refractivity contribution in [3.05, 3.63) is 0 Å². The summed E-state index contributed by atoms with van der Waals surface area (Å²) in [6.45, 7) is 7.04. The van der Waals surface area contributed by atoms with Gasteiger partial charge in [0, 0.05) is 31.7 Å². The molecule has 2 fully saturated rings. The van der Waals surface area contributed by atoms with Crippen molar-refractivity contribution in [2.24, 2.45) is 0 Å². The Morgan fingerprint density at radius 3 is 2.74 bits per heavy atom. The number of sulfonamides is 1. The summed E-state index contributed by atoms with van der Waals surface area (Å²) < 4.78 is 27.0. The van der Waals surface area contributed by atoms with E-state index in [-0.39, 0.29) is 11.3 Å². The highest BCUT2D eigenvalue weighted by atomic mass is 32.2. The molecule has 0 amide bonds. The Kier molecular flexibility index (Phi) is 4.87. The van der Waals surface area contributed by atoms with Crippen molar-refractivity contribution < 1.29 is 8.42 Å². The minimum atomic E-state index is -3.18. The normalized spacial score (nSPS) is 31.9. The van der Waals surface area contributed by atoms with Crippen LogP contribution in [0.3, 0.4) is 0 Å². The smallest absolute Gasteiger partial charge is 0.218 e. The molecule has 3 unspecified atom stereocenters. The van der Waals surface area contributed by atoms with Crippen LogP contribution < -0.4 is 5.32 Å². The quantitative estimate of drug-likeness (QED) is 0.818. The van der Waals surface area contributed by atoms with Gasteiger partial charge in [-0.2, -0.15) is 4.31 Å². The molecule has 0 aromatic rings. The first-order valence-corrected chi connectivity index (χ1v) is 8.86. The second kappa shape index (κ2) is 6.08. The Morgan fingerprint density at radius 2 is 2.05 bits per heavy atom. The number of nitrogens with zero attached hydrogens (tertiary/aromatic N) is 2. The van der Waals surface area contributed by atoms with Crippen molar-refractivity contribution in [2.75, 3.05) is 33.2 Å². The second-order valence-electron chi connectivity index (χ2n) is 5.98. The molecule has 0 radical (unpaired) electrons. The van der Waals surface area contributed by atoms with Gasteiger partial charge in [-0.1, -0.05) is 6.42 Å². The Labute approximate surface area is 117 Å². The molecule has 0 bridgehead atoms. The zero-order valence-corrected chi connectivity index (χ0v) is 13.1. The van der Waals surface area contributed by atoms with Crippen LogP contribution in [0.25, 0.3) is 0 Å². The fourth-order valence-electron chi connectivity index (χ4n) is 3.30. The molecular formula is C13H27N3O2S. The molecule has 3 atom stereocenters. The molecule has 5 nitrogen and oxygen atoms in total. The van der Waals surface area contributed by atoms with Crippen LogP contribution in [0.15, 0.2) is 0 Å². The maximum Gasteiger partial charge on any atom is 0.218 e. The molecule has 2 saturated heterocycles. The Balaban J connectivity index is 2.11. The Hall–Kier alpha value is -0.170. The van der Waals surface area contributed by atoms with Gasteiger partial charge in [-0.3, -0.25) is 4.90 Å². The fraction of sp³-hybridized carbons (Fsp3) is 1.00. The molecule has 0 aromatic heterocycles. The van der Waals surface area contributed by atoms with Crippen LogP contribution in [0.4, 0.5) is 0 Å². The number of piperazine rings is 1. The lowest BCUT2D eigenvalue weighted by Gasteiger charge is -2.47. The Morgan fingerprint density at radius 1 is 1.32 bits per heavy atom. The number of nitrogens with one attached hydrogen (secondary N) is 1. The van der Waals surface area contributed by atoms with Crippen molar-refractivity contribution in [1.29, 1.82) is 0 Å². The fourth-order valence-corrected chi connectivity index (χ4v) is 5.09. The molecule has 2 aliphatic heterocycles. The third kappa shape index (κ3) is 3.12. The van der Waals surface area contributed by atoms with E-state index in [1.165, 1.54) is 12.8 Å². The molecule has 2 heterocycles. The predicted octanol–water partition coefficient (Wildman–Crippen LogP) is 0.483. The maximum absolute atomic E-state index is 12.6. The van der Waals surface area contributed by atoms with Crippen LogP contribution in [-0.2, 0) is 10.0 Å². The molecular weight excluding hydrogens is 262 g/mol. The molecule has 2 aliphatic rings. The molecule has 2 rings (SSSR count). The molecule has 112 valence electrons. The number of hydrogen-bond acceptors (Lipinski definition) is 4. The average molecular weight is 289 g/mol. The van der Waals surface area contributed by atoms with Crippen molar-refractivity contribution in [1.82, 2.24) is 14.5 Å². The van der Waals surface area contributed by atoms with Gasteiger partial charge in [-0.25, -0.2) is 8.42 Å².